The molecule has 0 aromatic heterocycles. The molecule has 80 valence electrons. The third-order valence-electron chi connectivity index (χ3n) is 3.22. The first-order chi connectivity index (χ1) is 6.76. The highest BCUT2D eigenvalue weighted by Crippen LogP contribution is 2.33. The van der Waals surface area contributed by atoms with E-state index in [1.807, 2.05) is 0 Å². The lowest BCUT2D eigenvalue weighted by atomic mass is 9.75. The molecular weight excluding hydrogens is 176 g/mol. The minimum absolute atomic E-state index is 0.111. The van der Waals surface area contributed by atoms with Gasteiger partial charge in [-0.25, -0.2) is 0 Å². The highest BCUT2D eigenvalue weighted by Gasteiger charge is 2.35. The molecule has 0 bridgehead atoms. The Morgan fingerprint density at radius 3 is 3.00 bits per heavy atom. The predicted molar refractivity (Wildman–Crippen MR) is 55.7 cm³/mol. The van der Waals surface area contributed by atoms with Crippen LogP contribution < -0.4 is 5.32 Å². The number of rotatable bonds is 4. The van der Waals surface area contributed by atoms with E-state index in [2.05, 4.69) is 18.3 Å². The second-order valence-electron chi connectivity index (χ2n) is 4.21. The van der Waals surface area contributed by atoms with Crippen molar-refractivity contribution in [3.8, 4) is 6.07 Å². The maximum atomic E-state index is 9.19. The molecule has 0 heterocycles. The zero-order chi connectivity index (χ0) is 10.4. The third kappa shape index (κ3) is 2.70. The number of hydrogen-bond donors (Lipinski definition) is 2. The van der Waals surface area contributed by atoms with Crippen molar-refractivity contribution in [2.45, 2.75) is 44.6 Å². The fraction of sp³-hybridized carbons (Fsp3) is 0.909. The average Bonchev–Trinajstić information content (AvgIpc) is 2.26. The van der Waals surface area contributed by atoms with Crippen molar-refractivity contribution >= 4 is 0 Å². The van der Waals surface area contributed by atoms with Gasteiger partial charge in [-0.2, -0.15) is 5.26 Å². The summed E-state index contributed by atoms with van der Waals surface area (Å²) in [4.78, 5) is 0. The van der Waals surface area contributed by atoms with Crippen LogP contribution in [0.2, 0.25) is 0 Å². The van der Waals surface area contributed by atoms with E-state index in [9.17, 15) is 5.26 Å². The molecule has 1 fully saturated rings. The van der Waals surface area contributed by atoms with Crippen LogP contribution in [0.5, 0.6) is 0 Å². The summed E-state index contributed by atoms with van der Waals surface area (Å²) in [5, 5.41) is 21.1. The fourth-order valence-corrected chi connectivity index (χ4v) is 2.33. The average molecular weight is 196 g/mol. The van der Waals surface area contributed by atoms with Crippen molar-refractivity contribution in [3.63, 3.8) is 0 Å². The van der Waals surface area contributed by atoms with Gasteiger partial charge in [0.25, 0.3) is 0 Å². The molecule has 1 aliphatic carbocycles. The molecule has 0 aromatic carbocycles. The number of nitrogens with one attached hydrogen (secondary N) is 1. The van der Waals surface area contributed by atoms with Crippen molar-refractivity contribution in [2.24, 2.45) is 5.92 Å². The van der Waals surface area contributed by atoms with E-state index in [1.54, 1.807) is 0 Å². The largest absolute Gasteiger partial charge is 0.395 e. The first-order valence-electron chi connectivity index (χ1n) is 5.53. The van der Waals surface area contributed by atoms with Gasteiger partial charge in [-0.15, -0.1) is 0 Å². The first kappa shape index (κ1) is 11.5. The summed E-state index contributed by atoms with van der Waals surface area (Å²) in [7, 11) is 0. The summed E-state index contributed by atoms with van der Waals surface area (Å²) in [5.74, 6) is 0.676. The van der Waals surface area contributed by atoms with Crippen LogP contribution >= 0.6 is 0 Å². The van der Waals surface area contributed by atoms with Gasteiger partial charge in [-0.05, 0) is 18.8 Å². The second-order valence-corrected chi connectivity index (χ2v) is 4.21. The van der Waals surface area contributed by atoms with E-state index >= 15 is 0 Å². The Morgan fingerprint density at radius 1 is 1.64 bits per heavy atom. The molecule has 0 aromatic rings. The van der Waals surface area contributed by atoms with Gasteiger partial charge in [0.1, 0.15) is 5.54 Å². The molecule has 1 aliphatic rings. The summed E-state index contributed by atoms with van der Waals surface area (Å²) < 4.78 is 0. The SMILES string of the molecule is CCC1CCCC(C#N)(NCCO)C1. The molecule has 2 atom stereocenters. The molecule has 1 saturated carbocycles. The molecule has 0 aliphatic heterocycles. The summed E-state index contributed by atoms with van der Waals surface area (Å²) in [6.07, 6.45) is 5.41. The van der Waals surface area contributed by atoms with E-state index in [1.165, 1.54) is 6.42 Å². The zero-order valence-corrected chi connectivity index (χ0v) is 8.92. The maximum absolute atomic E-state index is 9.19. The summed E-state index contributed by atoms with van der Waals surface area (Å²) >= 11 is 0. The van der Waals surface area contributed by atoms with Gasteiger partial charge in [-0.1, -0.05) is 26.2 Å². The van der Waals surface area contributed by atoms with Gasteiger partial charge in [0.2, 0.25) is 0 Å². The summed E-state index contributed by atoms with van der Waals surface area (Å²) in [6.45, 7) is 2.83. The van der Waals surface area contributed by atoms with Crippen molar-refractivity contribution in [3.05, 3.63) is 0 Å². The van der Waals surface area contributed by atoms with Crippen LogP contribution in [0.3, 0.4) is 0 Å². The molecule has 2 N–H and O–H groups in total. The third-order valence-corrected chi connectivity index (χ3v) is 3.22. The molecular formula is C11H20N2O. The van der Waals surface area contributed by atoms with Gasteiger partial charge < -0.3 is 5.11 Å². The number of aliphatic hydroxyl groups is 1. The lowest BCUT2D eigenvalue weighted by molar-refractivity contribution is 0.204. The maximum Gasteiger partial charge on any atom is 0.107 e. The van der Waals surface area contributed by atoms with Gasteiger partial charge in [-0.3, -0.25) is 5.32 Å². The molecule has 0 amide bonds. The summed E-state index contributed by atoms with van der Waals surface area (Å²) in [5.41, 5.74) is -0.359. The van der Waals surface area contributed by atoms with E-state index in [-0.39, 0.29) is 12.1 Å². The summed E-state index contributed by atoms with van der Waals surface area (Å²) in [6, 6.07) is 2.39. The van der Waals surface area contributed by atoms with Gasteiger partial charge in [0.15, 0.2) is 0 Å². The van der Waals surface area contributed by atoms with Crippen LogP contribution in [0.4, 0.5) is 0 Å². The van der Waals surface area contributed by atoms with Crippen LogP contribution in [0, 0.1) is 17.2 Å². The lowest BCUT2D eigenvalue weighted by Crippen LogP contribution is -2.48. The van der Waals surface area contributed by atoms with Crippen LogP contribution in [-0.2, 0) is 0 Å². The Bertz CT molecular complexity index is 212. The van der Waals surface area contributed by atoms with E-state index in [0.717, 1.165) is 25.7 Å². The van der Waals surface area contributed by atoms with Crippen LogP contribution in [0.1, 0.15) is 39.0 Å². The Morgan fingerprint density at radius 2 is 2.43 bits per heavy atom. The van der Waals surface area contributed by atoms with E-state index in [0.29, 0.717) is 12.5 Å². The molecule has 0 radical (unpaired) electrons. The minimum atomic E-state index is -0.359. The fourth-order valence-electron chi connectivity index (χ4n) is 2.33. The highest BCUT2D eigenvalue weighted by molar-refractivity contribution is 5.09. The van der Waals surface area contributed by atoms with Gasteiger partial charge in [0, 0.05) is 6.54 Å². The van der Waals surface area contributed by atoms with Crippen LogP contribution in [-0.4, -0.2) is 23.8 Å². The van der Waals surface area contributed by atoms with Gasteiger partial charge >= 0.3 is 0 Å². The highest BCUT2D eigenvalue weighted by atomic mass is 16.3. The lowest BCUT2D eigenvalue weighted by Gasteiger charge is -2.36. The smallest absolute Gasteiger partial charge is 0.107 e. The Labute approximate surface area is 86.1 Å². The first-order valence-corrected chi connectivity index (χ1v) is 5.53. The Hall–Kier alpha value is -0.590. The number of aliphatic hydroxyl groups excluding tert-OH is 1. The quantitative estimate of drug-likeness (QED) is 0.715. The molecule has 1 rings (SSSR count). The molecule has 0 spiro atoms. The van der Waals surface area contributed by atoms with Crippen molar-refractivity contribution in [1.82, 2.24) is 5.32 Å². The Kier molecular flexibility index (Phi) is 4.37. The van der Waals surface area contributed by atoms with Crippen LogP contribution in [0.15, 0.2) is 0 Å². The molecule has 3 heteroatoms. The monoisotopic (exact) mass is 196 g/mol. The van der Waals surface area contributed by atoms with Crippen molar-refractivity contribution in [2.75, 3.05) is 13.2 Å². The standard InChI is InChI=1S/C11H20N2O/c1-2-10-4-3-5-11(8-10,9-12)13-6-7-14/h10,13-14H,2-8H2,1H3. The number of nitriles is 1. The number of nitrogens with zero attached hydrogens (tertiary/aromatic N) is 1. The number of hydrogen-bond acceptors (Lipinski definition) is 3. The zero-order valence-electron chi connectivity index (χ0n) is 8.92. The topological polar surface area (TPSA) is 56.0 Å². The van der Waals surface area contributed by atoms with E-state index < -0.39 is 0 Å². The Balaban J connectivity index is 2.55. The van der Waals surface area contributed by atoms with Gasteiger partial charge in [0.05, 0.1) is 12.7 Å². The predicted octanol–water partition coefficient (Wildman–Crippen LogP) is 1.43. The molecule has 0 saturated heterocycles. The van der Waals surface area contributed by atoms with E-state index in [4.69, 9.17) is 5.11 Å². The van der Waals surface area contributed by atoms with Crippen LogP contribution in [0.25, 0.3) is 0 Å². The van der Waals surface area contributed by atoms with Crippen molar-refractivity contribution < 1.29 is 5.11 Å². The molecule has 14 heavy (non-hydrogen) atoms. The molecule has 3 nitrogen and oxygen atoms in total. The number of β-amino-alcohol motifs (C(OH)–C–C–N with tert-alkyl or cyclic N) is 1. The van der Waals surface area contributed by atoms with Crippen molar-refractivity contribution in [1.29, 1.82) is 5.26 Å². The second kappa shape index (κ2) is 5.33. The molecule has 2 unspecified atom stereocenters. The minimum Gasteiger partial charge on any atom is -0.395 e. The normalized spacial score (nSPS) is 32.5.